The fraction of sp³-hybridized carbons (Fsp3) is 0.200. The van der Waals surface area contributed by atoms with E-state index in [1.54, 1.807) is 6.08 Å². The molecule has 0 rings (SSSR count). The maximum atomic E-state index is 3.97. The third kappa shape index (κ3) is 2.09. The summed E-state index contributed by atoms with van der Waals surface area (Å²) in [5.74, 6) is 0. The fourth-order valence-corrected chi connectivity index (χ4v) is 0.118. The van der Waals surface area contributed by atoms with Crippen molar-refractivity contribution in [2.45, 2.75) is 6.92 Å². The smallest absolute Gasteiger partial charge is 0.000867 e. The summed E-state index contributed by atoms with van der Waals surface area (Å²) in [5, 5.41) is 0. The van der Waals surface area contributed by atoms with E-state index in [0.717, 1.165) is 4.91 Å². The summed E-state index contributed by atoms with van der Waals surface area (Å²) < 4.78 is 0. The lowest BCUT2D eigenvalue weighted by Gasteiger charge is -1.77. The largest absolute Gasteiger partial charge is 0.144 e. The van der Waals surface area contributed by atoms with E-state index in [-0.39, 0.29) is 0 Å². The Balaban J connectivity index is 3.50. The molecule has 0 spiro atoms. The predicted octanol–water partition coefficient (Wildman–Crippen LogP) is 2.01. The van der Waals surface area contributed by atoms with Crippen molar-refractivity contribution < 1.29 is 0 Å². The molecule has 34 valence electrons. The topological polar surface area (TPSA) is 0 Å². The summed E-state index contributed by atoms with van der Waals surface area (Å²) in [6.45, 7) is 5.41. The lowest BCUT2D eigenvalue weighted by atomic mass is 10.5. The number of thiol groups is 1. The van der Waals surface area contributed by atoms with Crippen molar-refractivity contribution >= 4 is 12.6 Å². The third-order valence-electron chi connectivity index (χ3n) is 0.505. The summed E-state index contributed by atoms with van der Waals surface area (Å²) in [4.78, 5) is 0.926. The SMILES string of the molecule is C=C/C(S)=C\C. The van der Waals surface area contributed by atoms with Gasteiger partial charge in [0.05, 0.1) is 0 Å². The van der Waals surface area contributed by atoms with Crippen molar-refractivity contribution in [3.8, 4) is 0 Å². The van der Waals surface area contributed by atoms with Gasteiger partial charge in [-0.15, -0.1) is 12.6 Å². The van der Waals surface area contributed by atoms with E-state index in [2.05, 4.69) is 19.2 Å². The summed E-state index contributed by atoms with van der Waals surface area (Å²) in [6, 6.07) is 0. The van der Waals surface area contributed by atoms with Crippen LogP contribution in [0.4, 0.5) is 0 Å². The van der Waals surface area contributed by atoms with Gasteiger partial charge in [-0.2, -0.15) is 0 Å². The van der Waals surface area contributed by atoms with Crippen LogP contribution in [0.2, 0.25) is 0 Å². The lowest BCUT2D eigenvalue weighted by Crippen LogP contribution is -1.51. The molecule has 0 saturated carbocycles. The number of hydrogen-bond acceptors (Lipinski definition) is 1. The molecular formula is C5H8S. The van der Waals surface area contributed by atoms with Crippen molar-refractivity contribution in [1.29, 1.82) is 0 Å². The minimum Gasteiger partial charge on any atom is -0.144 e. The number of hydrogen-bond donors (Lipinski definition) is 1. The van der Waals surface area contributed by atoms with E-state index in [9.17, 15) is 0 Å². The van der Waals surface area contributed by atoms with Crippen LogP contribution in [-0.2, 0) is 0 Å². The molecule has 1 heteroatoms. The maximum Gasteiger partial charge on any atom is -0.000867 e. The highest BCUT2D eigenvalue weighted by atomic mass is 32.1. The van der Waals surface area contributed by atoms with Crippen molar-refractivity contribution in [1.82, 2.24) is 0 Å². The first-order valence-electron chi connectivity index (χ1n) is 1.79. The van der Waals surface area contributed by atoms with Crippen LogP contribution in [0.25, 0.3) is 0 Å². The summed E-state index contributed by atoms with van der Waals surface area (Å²) in [6.07, 6.45) is 3.58. The van der Waals surface area contributed by atoms with Crippen molar-refractivity contribution in [2.24, 2.45) is 0 Å². The molecule has 0 amide bonds. The molecule has 0 aliphatic heterocycles. The van der Waals surface area contributed by atoms with Crippen LogP contribution in [0.1, 0.15) is 6.92 Å². The summed E-state index contributed by atoms with van der Waals surface area (Å²) in [5.41, 5.74) is 0. The lowest BCUT2D eigenvalue weighted by molar-refractivity contribution is 1.72. The second-order valence-electron chi connectivity index (χ2n) is 0.918. The van der Waals surface area contributed by atoms with Gasteiger partial charge in [-0.1, -0.05) is 18.7 Å². The Morgan fingerprint density at radius 2 is 2.33 bits per heavy atom. The Kier molecular flexibility index (Phi) is 2.95. The molecule has 0 aliphatic rings. The molecule has 6 heavy (non-hydrogen) atoms. The average molecular weight is 100 g/mol. The second-order valence-corrected chi connectivity index (χ2v) is 1.43. The van der Waals surface area contributed by atoms with Crippen molar-refractivity contribution in [2.75, 3.05) is 0 Å². The van der Waals surface area contributed by atoms with Gasteiger partial charge in [-0.05, 0) is 11.8 Å². The van der Waals surface area contributed by atoms with Gasteiger partial charge < -0.3 is 0 Å². The van der Waals surface area contributed by atoms with E-state index < -0.39 is 0 Å². The van der Waals surface area contributed by atoms with Gasteiger partial charge in [0.2, 0.25) is 0 Å². The van der Waals surface area contributed by atoms with Gasteiger partial charge in [0.25, 0.3) is 0 Å². The van der Waals surface area contributed by atoms with Crippen LogP contribution in [0, 0.1) is 0 Å². The zero-order chi connectivity index (χ0) is 4.99. The van der Waals surface area contributed by atoms with Crippen LogP contribution >= 0.6 is 12.6 Å². The highest BCUT2D eigenvalue weighted by molar-refractivity contribution is 7.84. The van der Waals surface area contributed by atoms with E-state index in [4.69, 9.17) is 0 Å². The minimum absolute atomic E-state index is 0.926. The van der Waals surface area contributed by atoms with Gasteiger partial charge in [0, 0.05) is 0 Å². The van der Waals surface area contributed by atoms with Gasteiger partial charge in [0.1, 0.15) is 0 Å². The van der Waals surface area contributed by atoms with Gasteiger partial charge in [0.15, 0.2) is 0 Å². The molecule has 0 aromatic rings. The molecule has 0 aromatic heterocycles. The molecule has 0 aliphatic carbocycles. The fourth-order valence-electron chi connectivity index (χ4n) is 0.118. The molecule has 0 bridgehead atoms. The van der Waals surface area contributed by atoms with Crippen molar-refractivity contribution in [3.05, 3.63) is 23.6 Å². The quantitative estimate of drug-likeness (QED) is 0.378. The molecule has 0 atom stereocenters. The summed E-state index contributed by atoms with van der Waals surface area (Å²) >= 11 is 3.97. The molecule has 0 unspecified atom stereocenters. The van der Waals surface area contributed by atoms with Crippen LogP contribution in [0.15, 0.2) is 23.6 Å². The Morgan fingerprint density at radius 1 is 1.83 bits per heavy atom. The molecule has 0 N–H and O–H groups in total. The molecule has 0 aromatic carbocycles. The molecule has 0 fully saturated rings. The Morgan fingerprint density at radius 3 is 2.33 bits per heavy atom. The monoisotopic (exact) mass is 100 g/mol. The van der Waals surface area contributed by atoms with Gasteiger partial charge >= 0.3 is 0 Å². The van der Waals surface area contributed by atoms with Crippen molar-refractivity contribution in [3.63, 3.8) is 0 Å². The van der Waals surface area contributed by atoms with Crippen LogP contribution in [-0.4, -0.2) is 0 Å². The first-order chi connectivity index (χ1) is 2.81. The van der Waals surface area contributed by atoms with E-state index >= 15 is 0 Å². The van der Waals surface area contributed by atoms with Crippen LogP contribution in [0.3, 0.4) is 0 Å². The Hall–Kier alpha value is -0.170. The number of rotatable bonds is 1. The molecule has 0 saturated heterocycles. The first-order valence-corrected chi connectivity index (χ1v) is 2.23. The first kappa shape index (κ1) is 5.83. The molecule has 0 radical (unpaired) electrons. The molecule has 0 nitrogen and oxygen atoms in total. The standard InChI is InChI=1S/C5H8S/c1-3-5(6)4-2/h3-4,6H,1H2,2H3/b5-4+. The normalized spacial score (nSPS) is 11.3. The van der Waals surface area contributed by atoms with Gasteiger partial charge in [-0.3, -0.25) is 0 Å². The Bertz CT molecular complexity index is 72.0. The predicted molar refractivity (Wildman–Crippen MR) is 32.9 cm³/mol. The van der Waals surface area contributed by atoms with Gasteiger partial charge in [-0.25, -0.2) is 0 Å². The number of allylic oxidation sites excluding steroid dienone is 2. The second kappa shape index (κ2) is 3.04. The van der Waals surface area contributed by atoms with E-state index in [1.807, 2.05) is 13.0 Å². The Labute approximate surface area is 44.0 Å². The zero-order valence-corrected chi connectivity index (χ0v) is 4.70. The zero-order valence-electron chi connectivity index (χ0n) is 3.81. The average Bonchev–Trinajstić information content (AvgIpc) is 1.65. The van der Waals surface area contributed by atoms with Crippen LogP contribution < -0.4 is 0 Å². The summed E-state index contributed by atoms with van der Waals surface area (Å²) in [7, 11) is 0. The minimum atomic E-state index is 0.926. The molecular weight excluding hydrogens is 92.1 g/mol. The highest BCUT2D eigenvalue weighted by Crippen LogP contribution is 1.97. The van der Waals surface area contributed by atoms with Crippen LogP contribution in [0.5, 0.6) is 0 Å². The highest BCUT2D eigenvalue weighted by Gasteiger charge is 1.67. The molecule has 0 heterocycles. The third-order valence-corrected chi connectivity index (χ3v) is 0.946. The van der Waals surface area contributed by atoms with E-state index in [1.165, 1.54) is 0 Å². The maximum absolute atomic E-state index is 3.97. The van der Waals surface area contributed by atoms with E-state index in [0.29, 0.717) is 0 Å².